The van der Waals surface area contributed by atoms with Gasteiger partial charge < -0.3 is 18.1 Å². The molecule has 0 aliphatic heterocycles. The molecule has 0 saturated heterocycles. The Hall–Kier alpha value is -1.77. The van der Waals surface area contributed by atoms with Crippen LogP contribution in [0.15, 0.2) is 60.7 Å². The van der Waals surface area contributed by atoms with Gasteiger partial charge in [-0.1, -0.05) is 205 Å². The molecule has 0 radical (unpaired) electrons. The predicted molar refractivity (Wildman–Crippen MR) is 264 cm³/mol. The maximum Gasteiger partial charge on any atom is 0.124 e. The van der Waals surface area contributed by atoms with E-state index >= 15 is 0 Å². The fourth-order valence-corrected chi connectivity index (χ4v) is 11.2. The van der Waals surface area contributed by atoms with Crippen molar-refractivity contribution >= 4 is 10.4 Å². The quantitative estimate of drug-likeness (QED) is 0.0304. The molecule has 356 valence electrons. The van der Waals surface area contributed by atoms with Gasteiger partial charge >= 0.3 is 0 Å². The first-order valence-corrected chi connectivity index (χ1v) is 27.2. The Morgan fingerprint density at radius 2 is 0.590 bits per heavy atom. The van der Waals surface area contributed by atoms with Gasteiger partial charge in [-0.15, -0.1) is 0 Å². The highest BCUT2D eigenvalue weighted by Gasteiger charge is 2.48. The predicted octanol–water partition coefficient (Wildman–Crippen LogP) is 15.6. The van der Waals surface area contributed by atoms with E-state index in [1.165, 1.54) is 202 Å². The molecule has 0 spiro atoms. The summed E-state index contributed by atoms with van der Waals surface area (Å²) in [4.78, 5) is 0. The Morgan fingerprint density at radius 3 is 0.787 bits per heavy atom. The minimum atomic E-state index is -5.17. The van der Waals surface area contributed by atoms with Crippen molar-refractivity contribution in [3.8, 4) is 0 Å². The van der Waals surface area contributed by atoms with Gasteiger partial charge in [0.15, 0.2) is 0 Å². The van der Waals surface area contributed by atoms with Crippen molar-refractivity contribution in [1.29, 1.82) is 0 Å². The molecule has 2 rings (SSSR count). The molecule has 2 aromatic carbocycles. The lowest BCUT2D eigenvalue weighted by Crippen LogP contribution is -2.62. The van der Waals surface area contributed by atoms with Gasteiger partial charge in [-0.2, -0.15) is 0 Å². The number of nitrogens with zero attached hydrogens (tertiary/aromatic N) is 2. The molecule has 6 nitrogen and oxygen atoms in total. The van der Waals surface area contributed by atoms with Crippen LogP contribution in [-0.4, -0.2) is 65.8 Å². The van der Waals surface area contributed by atoms with Crippen LogP contribution in [0.3, 0.4) is 0 Å². The summed E-state index contributed by atoms with van der Waals surface area (Å²) in [5.41, 5.74) is 3.64. The molecule has 0 N–H and O–H groups in total. The molecule has 0 aliphatic rings. The van der Waals surface area contributed by atoms with Crippen LogP contribution in [0.2, 0.25) is 0 Å². The molecule has 0 saturated carbocycles. The van der Waals surface area contributed by atoms with Crippen LogP contribution in [0.5, 0.6) is 0 Å². The Bertz CT molecular complexity index is 1270. The van der Waals surface area contributed by atoms with Gasteiger partial charge in [0.25, 0.3) is 0 Å². The van der Waals surface area contributed by atoms with Crippen molar-refractivity contribution in [1.82, 2.24) is 0 Å². The van der Waals surface area contributed by atoms with Gasteiger partial charge in [0.2, 0.25) is 0 Å². The molecule has 7 heteroatoms. The van der Waals surface area contributed by atoms with Crippen molar-refractivity contribution in [2.45, 2.75) is 234 Å². The van der Waals surface area contributed by atoms with Crippen LogP contribution < -0.4 is 0 Å². The Kier molecular flexibility index (Phi) is 33.6. The highest BCUT2D eigenvalue weighted by atomic mass is 32.3. The van der Waals surface area contributed by atoms with E-state index in [2.05, 4.69) is 130 Å². The Morgan fingerprint density at radius 1 is 0.377 bits per heavy atom. The second-order valence-corrected chi connectivity index (χ2v) is 18.8. The molecular weight excluding hydrogens is 773 g/mol. The van der Waals surface area contributed by atoms with Crippen LogP contribution in [0.1, 0.15) is 234 Å². The molecule has 0 fully saturated rings. The molecule has 0 aromatic heterocycles. The van der Waals surface area contributed by atoms with Crippen LogP contribution in [0.25, 0.3) is 0 Å². The van der Waals surface area contributed by atoms with E-state index < -0.39 is 10.4 Å². The lowest BCUT2D eigenvalue weighted by atomic mass is 9.80. The summed E-state index contributed by atoms with van der Waals surface area (Å²) in [5.74, 6) is 0. The van der Waals surface area contributed by atoms with Crippen molar-refractivity contribution in [2.24, 2.45) is 0 Å². The zero-order valence-electron chi connectivity index (χ0n) is 41.9. The van der Waals surface area contributed by atoms with E-state index in [-0.39, 0.29) is 11.1 Å². The second-order valence-electron chi connectivity index (χ2n) is 18.0. The number of rotatable bonds is 34. The number of hydrogen-bond donors (Lipinski definition) is 0. The van der Waals surface area contributed by atoms with E-state index in [1.54, 1.807) is 11.1 Å². The standard InChI is InChI=1S/2C27H50N.H2O4S/c2*1-6-11-12-13-14-15-16-17-18-22-25-28(9-4,10-5)27(7-2,8-3)26-23-20-19-21-24-26;1-5(2,3)4/h2*19-21,23-24H,6-18,22,25H2,1-5H3;(H2,1,2,3,4)/q2*+1;/p-2. The summed E-state index contributed by atoms with van der Waals surface area (Å²) in [6.45, 7) is 31.5. The summed E-state index contributed by atoms with van der Waals surface area (Å²) in [5, 5.41) is 0. The first-order valence-electron chi connectivity index (χ1n) is 25.8. The second kappa shape index (κ2) is 34.6. The monoisotopic (exact) mass is 873 g/mol. The third-order valence-corrected chi connectivity index (χ3v) is 15.1. The summed E-state index contributed by atoms with van der Waals surface area (Å²) in [7, 11) is -5.17. The molecule has 0 atom stereocenters. The van der Waals surface area contributed by atoms with Gasteiger partial charge in [-0.3, -0.25) is 8.42 Å². The topological polar surface area (TPSA) is 80.3 Å². The molecule has 0 unspecified atom stereocenters. The number of benzene rings is 2. The van der Waals surface area contributed by atoms with E-state index in [0.29, 0.717) is 0 Å². The maximum atomic E-state index is 8.52. The van der Waals surface area contributed by atoms with Crippen LogP contribution >= 0.6 is 0 Å². The minimum absolute atomic E-state index is 0.268. The highest BCUT2D eigenvalue weighted by Crippen LogP contribution is 2.43. The molecule has 61 heavy (non-hydrogen) atoms. The highest BCUT2D eigenvalue weighted by molar-refractivity contribution is 7.79. The third kappa shape index (κ3) is 20.7. The number of hydrogen-bond acceptors (Lipinski definition) is 4. The summed E-state index contributed by atoms with van der Waals surface area (Å²) in [6, 6.07) is 22.8. The van der Waals surface area contributed by atoms with E-state index in [0.717, 1.165) is 0 Å². The van der Waals surface area contributed by atoms with Crippen LogP contribution in [0, 0.1) is 0 Å². The Labute approximate surface area is 380 Å². The smallest absolute Gasteiger partial charge is 0.124 e. The minimum Gasteiger partial charge on any atom is -0.759 e. The van der Waals surface area contributed by atoms with Crippen LogP contribution in [0.4, 0.5) is 0 Å². The molecule has 0 bridgehead atoms. The third-order valence-electron chi connectivity index (χ3n) is 15.1. The van der Waals surface area contributed by atoms with Gasteiger partial charge in [0.1, 0.15) is 11.1 Å². The van der Waals surface area contributed by atoms with Crippen molar-refractivity contribution in [3.63, 3.8) is 0 Å². The van der Waals surface area contributed by atoms with Crippen LogP contribution in [-0.2, 0) is 21.5 Å². The van der Waals surface area contributed by atoms with Gasteiger partial charge in [-0.25, -0.2) is 0 Å². The average Bonchev–Trinajstić information content (AvgIpc) is 3.27. The summed E-state index contributed by atoms with van der Waals surface area (Å²) in [6.07, 6.45) is 33.4. The van der Waals surface area contributed by atoms with Crippen molar-refractivity contribution < 1.29 is 26.5 Å². The molecule has 0 amide bonds. The Balaban J connectivity index is 0.00000106. The fraction of sp³-hybridized carbons (Fsp3) is 0.778. The lowest BCUT2D eigenvalue weighted by Gasteiger charge is -2.53. The van der Waals surface area contributed by atoms with E-state index in [1.807, 2.05) is 0 Å². The van der Waals surface area contributed by atoms with Crippen molar-refractivity contribution in [3.05, 3.63) is 71.8 Å². The zero-order valence-corrected chi connectivity index (χ0v) is 42.7. The lowest BCUT2D eigenvalue weighted by molar-refractivity contribution is -0.982. The van der Waals surface area contributed by atoms with Gasteiger partial charge in [0.05, 0.1) is 39.3 Å². The number of unbranched alkanes of at least 4 members (excludes halogenated alkanes) is 18. The average molecular weight is 873 g/mol. The SMILES string of the molecule is CCCCCCCCCCCC[N+](CC)(CC)C(CC)(CC)c1ccccc1.CCCCCCCCCCCC[N+](CC)(CC)C(CC)(CC)c1ccccc1.O=S(=O)([O-])[O-]. The largest absolute Gasteiger partial charge is 0.759 e. The van der Waals surface area contributed by atoms with Gasteiger partial charge in [0, 0.05) is 47.2 Å². The van der Waals surface area contributed by atoms with Crippen molar-refractivity contribution in [2.75, 3.05) is 39.3 Å². The normalized spacial score (nSPS) is 12.4. The molecule has 2 aromatic rings. The first kappa shape index (κ1) is 59.2. The first-order chi connectivity index (χ1) is 29.3. The molecule has 0 heterocycles. The van der Waals surface area contributed by atoms with Gasteiger partial charge in [-0.05, 0) is 53.4 Å². The zero-order chi connectivity index (χ0) is 45.9. The molecular formula is C54H100N2O4S. The summed E-state index contributed by atoms with van der Waals surface area (Å²) >= 11 is 0. The number of quaternary nitrogens is 2. The summed E-state index contributed by atoms with van der Waals surface area (Å²) < 4.78 is 36.6. The van der Waals surface area contributed by atoms with E-state index in [4.69, 9.17) is 17.5 Å². The maximum absolute atomic E-state index is 8.52. The van der Waals surface area contributed by atoms with E-state index in [9.17, 15) is 0 Å². The molecule has 0 aliphatic carbocycles. The fourth-order valence-electron chi connectivity index (χ4n) is 11.2.